The first-order valence-corrected chi connectivity index (χ1v) is 5.58. The van der Waals surface area contributed by atoms with Crippen molar-refractivity contribution in [1.82, 2.24) is 10.6 Å². The van der Waals surface area contributed by atoms with Gasteiger partial charge in [-0.25, -0.2) is 0 Å². The lowest BCUT2D eigenvalue weighted by Gasteiger charge is -2.23. The van der Waals surface area contributed by atoms with E-state index in [1.54, 1.807) is 11.3 Å². The molecular formula is C10H14N2OS. The van der Waals surface area contributed by atoms with Crippen molar-refractivity contribution in [1.29, 1.82) is 0 Å². The van der Waals surface area contributed by atoms with E-state index in [2.05, 4.69) is 30.5 Å². The standard InChI is InChI=1S/C10H14N2OS/c1-6-5-8(7(2)14-6)9-10(13)12-4-3-11-9/h5,9,11H,3-4H2,1-2H3,(H,12,13). The lowest BCUT2D eigenvalue weighted by Crippen LogP contribution is -2.47. The van der Waals surface area contributed by atoms with Crippen LogP contribution >= 0.6 is 11.3 Å². The van der Waals surface area contributed by atoms with Crippen LogP contribution in [0.25, 0.3) is 0 Å². The quantitative estimate of drug-likeness (QED) is 0.729. The second-order valence-corrected chi connectivity index (χ2v) is 5.01. The Morgan fingerprint density at radius 1 is 1.43 bits per heavy atom. The van der Waals surface area contributed by atoms with Gasteiger partial charge in [0, 0.05) is 22.8 Å². The first-order valence-electron chi connectivity index (χ1n) is 4.76. The van der Waals surface area contributed by atoms with Crippen LogP contribution in [-0.2, 0) is 4.79 Å². The Morgan fingerprint density at radius 2 is 2.21 bits per heavy atom. The van der Waals surface area contributed by atoms with Gasteiger partial charge in [0.25, 0.3) is 0 Å². The van der Waals surface area contributed by atoms with Crippen LogP contribution < -0.4 is 10.6 Å². The predicted octanol–water partition coefficient (Wildman–Crippen LogP) is 1.13. The summed E-state index contributed by atoms with van der Waals surface area (Å²) < 4.78 is 0. The molecule has 1 aliphatic heterocycles. The summed E-state index contributed by atoms with van der Waals surface area (Å²) in [5.41, 5.74) is 1.13. The average Bonchev–Trinajstić information content (AvgIpc) is 2.46. The van der Waals surface area contributed by atoms with Crippen LogP contribution in [0.15, 0.2) is 6.07 Å². The number of carbonyl (C=O) groups excluding carboxylic acids is 1. The highest BCUT2D eigenvalue weighted by molar-refractivity contribution is 7.12. The van der Waals surface area contributed by atoms with Crippen molar-refractivity contribution in [2.45, 2.75) is 19.9 Å². The molecule has 76 valence electrons. The molecule has 1 aromatic rings. The zero-order valence-electron chi connectivity index (χ0n) is 8.39. The highest BCUT2D eigenvalue weighted by Crippen LogP contribution is 2.27. The van der Waals surface area contributed by atoms with E-state index in [0.717, 1.165) is 18.7 Å². The van der Waals surface area contributed by atoms with Crippen LogP contribution in [0.1, 0.15) is 21.4 Å². The van der Waals surface area contributed by atoms with Gasteiger partial charge in [0.2, 0.25) is 5.91 Å². The molecule has 2 rings (SSSR count). The fraction of sp³-hybridized carbons (Fsp3) is 0.500. The summed E-state index contributed by atoms with van der Waals surface area (Å²) >= 11 is 1.74. The second-order valence-electron chi connectivity index (χ2n) is 3.55. The van der Waals surface area contributed by atoms with Crippen LogP contribution in [-0.4, -0.2) is 19.0 Å². The molecule has 1 amide bonds. The summed E-state index contributed by atoms with van der Waals surface area (Å²) in [6.07, 6.45) is 0. The third-order valence-electron chi connectivity index (χ3n) is 2.43. The number of thiophene rings is 1. The summed E-state index contributed by atoms with van der Waals surface area (Å²) in [6, 6.07) is 1.96. The highest BCUT2D eigenvalue weighted by atomic mass is 32.1. The SMILES string of the molecule is Cc1cc(C2NCCNC2=O)c(C)s1. The van der Waals surface area contributed by atoms with E-state index >= 15 is 0 Å². The minimum absolute atomic E-state index is 0.0946. The molecule has 3 nitrogen and oxygen atoms in total. The van der Waals surface area contributed by atoms with Crippen molar-refractivity contribution in [2.75, 3.05) is 13.1 Å². The fourth-order valence-corrected chi connectivity index (χ4v) is 2.75. The largest absolute Gasteiger partial charge is 0.353 e. The molecule has 0 radical (unpaired) electrons. The molecule has 1 aromatic heterocycles. The van der Waals surface area contributed by atoms with Gasteiger partial charge in [0.1, 0.15) is 6.04 Å². The number of hydrogen-bond acceptors (Lipinski definition) is 3. The van der Waals surface area contributed by atoms with Gasteiger partial charge in [-0.2, -0.15) is 0 Å². The number of nitrogens with one attached hydrogen (secondary N) is 2. The van der Waals surface area contributed by atoms with Gasteiger partial charge in [-0.3, -0.25) is 4.79 Å². The molecule has 1 unspecified atom stereocenters. The maximum absolute atomic E-state index is 11.6. The molecule has 1 aliphatic rings. The molecule has 2 N–H and O–H groups in total. The topological polar surface area (TPSA) is 41.1 Å². The number of carbonyl (C=O) groups is 1. The van der Waals surface area contributed by atoms with Crippen molar-refractivity contribution in [3.63, 3.8) is 0 Å². The molecule has 0 aliphatic carbocycles. The summed E-state index contributed by atoms with van der Waals surface area (Å²) in [5, 5.41) is 6.10. The van der Waals surface area contributed by atoms with E-state index in [-0.39, 0.29) is 11.9 Å². The first kappa shape index (κ1) is 9.68. The maximum Gasteiger partial charge on any atom is 0.241 e. The minimum Gasteiger partial charge on any atom is -0.353 e. The Balaban J connectivity index is 2.28. The summed E-state index contributed by atoms with van der Waals surface area (Å²) in [6.45, 7) is 5.72. The average molecular weight is 210 g/mol. The lowest BCUT2D eigenvalue weighted by molar-refractivity contribution is -0.124. The third-order valence-corrected chi connectivity index (χ3v) is 3.41. The minimum atomic E-state index is -0.145. The van der Waals surface area contributed by atoms with E-state index < -0.39 is 0 Å². The zero-order valence-corrected chi connectivity index (χ0v) is 9.20. The van der Waals surface area contributed by atoms with Gasteiger partial charge in [0.05, 0.1) is 0 Å². The monoisotopic (exact) mass is 210 g/mol. The Kier molecular flexibility index (Phi) is 2.56. The number of rotatable bonds is 1. The van der Waals surface area contributed by atoms with Crippen LogP contribution in [0.4, 0.5) is 0 Å². The Hall–Kier alpha value is -0.870. The van der Waals surface area contributed by atoms with Gasteiger partial charge < -0.3 is 10.6 Å². The maximum atomic E-state index is 11.6. The summed E-state index contributed by atoms with van der Waals surface area (Å²) in [4.78, 5) is 14.1. The van der Waals surface area contributed by atoms with Gasteiger partial charge in [-0.1, -0.05) is 0 Å². The van der Waals surface area contributed by atoms with Gasteiger partial charge >= 0.3 is 0 Å². The van der Waals surface area contributed by atoms with Crippen LogP contribution in [0.3, 0.4) is 0 Å². The molecule has 4 heteroatoms. The van der Waals surface area contributed by atoms with E-state index in [9.17, 15) is 4.79 Å². The van der Waals surface area contributed by atoms with Crippen molar-refractivity contribution >= 4 is 17.2 Å². The number of aryl methyl sites for hydroxylation is 2. The molecule has 0 bridgehead atoms. The third kappa shape index (κ3) is 1.67. The Labute approximate surface area is 87.5 Å². The molecule has 2 heterocycles. The van der Waals surface area contributed by atoms with Crippen molar-refractivity contribution in [2.24, 2.45) is 0 Å². The van der Waals surface area contributed by atoms with Gasteiger partial charge in [-0.15, -0.1) is 11.3 Å². The van der Waals surface area contributed by atoms with Crippen LogP contribution in [0, 0.1) is 13.8 Å². The molecule has 1 fully saturated rings. The molecule has 0 aromatic carbocycles. The normalized spacial score (nSPS) is 22.1. The lowest BCUT2D eigenvalue weighted by atomic mass is 10.1. The number of amides is 1. The van der Waals surface area contributed by atoms with Crippen LogP contribution in [0.5, 0.6) is 0 Å². The molecule has 1 saturated heterocycles. The molecule has 0 spiro atoms. The van der Waals surface area contributed by atoms with E-state index in [1.165, 1.54) is 9.75 Å². The smallest absolute Gasteiger partial charge is 0.241 e. The Morgan fingerprint density at radius 3 is 2.79 bits per heavy atom. The molecule has 0 saturated carbocycles. The number of piperazine rings is 1. The van der Waals surface area contributed by atoms with Crippen molar-refractivity contribution in [3.8, 4) is 0 Å². The summed E-state index contributed by atoms with van der Waals surface area (Å²) in [7, 11) is 0. The molecule has 1 atom stereocenters. The van der Waals surface area contributed by atoms with Crippen LogP contribution in [0.2, 0.25) is 0 Å². The zero-order chi connectivity index (χ0) is 10.1. The molecular weight excluding hydrogens is 196 g/mol. The number of hydrogen-bond donors (Lipinski definition) is 2. The highest BCUT2D eigenvalue weighted by Gasteiger charge is 2.25. The fourth-order valence-electron chi connectivity index (χ4n) is 1.79. The van der Waals surface area contributed by atoms with E-state index in [1.807, 2.05) is 0 Å². The van der Waals surface area contributed by atoms with Gasteiger partial charge in [0.15, 0.2) is 0 Å². The van der Waals surface area contributed by atoms with Crippen molar-refractivity contribution in [3.05, 3.63) is 21.4 Å². The second kappa shape index (κ2) is 3.71. The summed E-state index contributed by atoms with van der Waals surface area (Å²) in [5.74, 6) is 0.0946. The van der Waals surface area contributed by atoms with E-state index in [0.29, 0.717) is 0 Å². The van der Waals surface area contributed by atoms with E-state index in [4.69, 9.17) is 0 Å². The Bertz CT molecular complexity index is 359. The van der Waals surface area contributed by atoms with Gasteiger partial charge in [-0.05, 0) is 25.5 Å². The first-order chi connectivity index (χ1) is 6.68. The molecule has 14 heavy (non-hydrogen) atoms. The predicted molar refractivity (Wildman–Crippen MR) is 57.5 cm³/mol. The van der Waals surface area contributed by atoms with Crippen molar-refractivity contribution < 1.29 is 4.79 Å².